The first-order chi connectivity index (χ1) is 10.6. The van der Waals surface area contributed by atoms with Crippen molar-refractivity contribution >= 4 is 21.6 Å². The van der Waals surface area contributed by atoms with Crippen molar-refractivity contribution in [3.63, 3.8) is 0 Å². The number of hydrogen-bond donors (Lipinski definition) is 1. The number of aliphatic hydroxyl groups is 1. The highest BCUT2D eigenvalue weighted by Gasteiger charge is 2.34. The predicted molar refractivity (Wildman–Crippen MR) is 88.4 cm³/mol. The Hall–Kier alpha value is -2.04. The second-order valence-corrected chi connectivity index (χ2v) is 6.21. The van der Waals surface area contributed by atoms with E-state index in [0.29, 0.717) is 23.4 Å². The Morgan fingerprint density at radius 3 is 2.59 bits per heavy atom. The van der Waals surface area contributed by atoms with Crippen LogP contribution in [-0.4, -0.2) is 10.1 Å². The molecule has 2 aromatic carbocycles. The molecule has 0 aliphatic carbocycles. The third-order valence-corrected chi connectivity index (χ3v) is 4.87. The Bertz CT molecular complexity index is 763. The van der Waals surface area contributed by atoms with Crippen molar-refractivity contribution in [1.82, 2.24) is 4.98 Å². The van der Waals surface area contributed by atoms with E-state index in [1.54, 1.807) is 18.2 Å². The Labute approximate surface area is 132 Å². The molecule has 0 amide bonds. The fourth-order valence-electron chi connectivity index (χ4n) is 2.46. The lowest BCUT2D eigenvalue weighted by atomic mass is 9.89. The zero-order valence-electron chi connectivity index (χ0n) is 12.0. The lowest BCUT2D eigenvalue weighted by Crippen LogP contribution is -2.27. The van der Waals surface area contributed by atoms with E-state index in [1.807, 2.05) is 24.3 Å². The maximum absolute atomic E-state index is 13.2. The number of nitrogens with zero attached hydrogens (tertiary/aromatic N) is 1. The number of halogens is 1. The van der Waals surface area contributed by atoms with Crippen LogP contribution in [0.3, 0.4) is 0 Å². The van der Waals surface area contributed by atoms with Gasteiger partial charge in [0.1, 0.15) is 16.4 Å². The quantitative estimate of drug-likeness (QED) is 0.696. The van der Waals surface area contributed by atoms with E-state index in [2.05, 4.69) is 11.6 Å². The van der Waals surface area contributed by atoms with Crippen LogP contribution < -0.4 is 0 Å². The lowest BCUT2D eigenvalue weighted by Gasteiger charge is -2.26. The normalized spacial score (nSPS) is 13.9. The van der Waals surface area contributed by atoms with Gasteiger partial charge in [-0.15, -0.1) is 17.9 Å². The maximum atomic E-state index is 13.2. The van der Waals surface area contributed by atoms with Crippen LogP contribution in [0.5, 0.6) is 0 Å². The number of allylic oxidation sites excluding steroid dienone is 1. The van der Waals surface area contributed by atoms with Crippen LogP contribution in [0.15, 0.2) is 61.2 Å². The highest BCUT2D eigenvalue weighted by molar-refractivity contribution is 7.18. The van der Waals surface area contributed by atoms with Gasteiger partial charge in [-0.25, -0.2) is 9.37 Å². The van der Waals surface area contributed by atoms with Crippen LogP contribution in [-0.2, 0) is 5.60 Å². The van der Waals surface area contributed by atoms with Gasteiger partial charge in [0.2, 0.25) is 0 Å². The number of aromatic nitrogens is 1. The fraction of sp³-hybridized carbons (Fsp3) is 0.167. The Morgan fingerprint density at radius 2 is 1.91 bits per heavy atom. The van der Waals surface area contributed by atoms with Crippen molar-refractivity contribution in [2.24, 2.45) is 0 Å². The van der Waals surface area contributed by atoms with Crippen LogP contribution in [0.2, 0.25) is 0 Å². The van der Waals surface area contributed by atoms with Crippen molar-refractivity contribution in [2.45, 2.75) is 18.4 Å². The average molecular weight is 313 g/mol. The number of para-hydroxylation sites is 1. The molecule has 0 radical (unpaired) electrons. The minimum Gasteiger partial charge on any atom is -0.378 e. The molecule has 1 N–H and O–H groups in total. The number of fused-ring (bicyclic) bond motifs is 1. The minimum absolute atomic E-state index is 0.320. The largest absolute Gasteiger partial charge is 0.378 e. The van der Waals surface area contributed by atoms with Gasteiger partial charge in [0.25, 0.3) is 0 Å². The molecule has 0 saturated carbocycles. The van der Waals surface area contributed by atoms with Gasteiger partial charge >= 0.3 is 0 Å². The van der Waals surface area contributed by atoms with Gasteiger partial charge in [-0.1, -0.05) is 30.3 Å². The number of rotatable bonds is 5. The fourth-order valence-corrected chi connectivity index (χ4v) is 3.57. The molecule has 0 fully saturated rings. The monoisotopic (exact) mass is 313 g/mol. The molecule has 112 valence electrons. The molecular formula is C18H16FNOS. The van der Waals surface area contributed by atoms with E-state index in [9.17, 15) is 9.50 Å². The first kappa shape index (κ1) is 14.9. The van der Waals surface area contributed by atoms with Gasteiger partial charge in [-0.2, -0.15) is 0 Å². The summed E-state index contributed by atoms with van der Waals surface area (Å²) < 4.78 is 14.2. The van der Waals surface area contributed by atoms with E-state index in [1.165, 1.54) is 23.5 Å². The van der Waals surface area contributed by atoms with Crippen molar-refractivity contribution in [3.8, 4) is 0 Å². The van der Waals surface area contributed by atoms with Gasteiger partial charge in [0, 0.05) is 0 Å². The highest BCUT2D eigenvalue weighted by Crippen LogP contribution is 2.38. The molecule has 0 aliphatic rings. The van der Waals surface area contributed by atoms with Crippen LogP contribution in [0.25, 0.3) is 10.2 Å². The SMILES string of the molecule is C=CCCC(O)(c1ccc(F)cc1)c1nc2ccccc2s1. The predicted octanol–water partition coefficient (Wildman–Crippen LogP) is 4.64. The molecule has 0 spiro atoms. The summed E-state index contributed by atoms with van der Waals surface area (Å²) in [6, 6.07) is 13.7. The molecular weight excluding hydrogens is 297 g/mol. The lowest BCUT2D eigenvalue weighted by molar-refractivity contribution is 0.0719. The first-order valence-electron chi connectivity index (χ1n) is 7.09. The van der Waals surface area contributed by atoms with Crippen LogP contribution >= 0.6 is 11.3 Å². The second kappa shape index (κ2) is 5.99. The molecule has 1 heterocycles. The van der Waals surface area contributed by atoms with Gasteiger partial charge in [-0.05, 0) is 42.7 Å². The molecule has 4 heteroatoms. The summed E-state index contributed by atoms with van der Waals surface area (Å²) in [7, 11) is 0. The molecule has 22 heavy (non-hydrogen) atoms. The summed E-state index contributed by atoms with van der Waals surface area (Å²) in [5.74, 6) is -0.320. The molecule has 3 aromatic rings. The van der Waals surface area contributed by atoms with Crippen LogP contribution in [0, 0.1) is 5.82 Å². The van der Waals surface area contributed by atoms with E-state index in [4.69, 9.17) is 0 Å². The number of benzene rings is 2. The molecule has 1 aromatic heterocycles. The van der Waals surface area contributed by atoms with Crippen molar-refractivity contribution in [2.75, 3.05) is 0 Å². The van der Waals surface area contributed by atoms with E-state index in [-0.39, 0.29) is 5.82 Å². The molecule has 3 rings (SSSR count). The van der Waals surface area contributed by atoms with Crippen molar-refractivity contribution in [1.29, 1.82) is 0 Å². The van der Waals surface area contributed by atoms with E-state index < -0.39 is 5.60 Å². The Morgan fingerprint density at radius 1 is 1.18 bits per heavy atom. The molecule has 0 bridgehead atoms. The Balaban J connectivity index is 2.11. The van der Waals surface area contributed by atoms with Crippen molar-refractivity contribution in [3.05, 3.63) is 77.6 Å². The summed E-state index contributed by atoms with van der Waals surface area (Å²) >= 11 is 1.46. The summed E-state index contributed by atoms with van der Waals surface area (Å²) in [6.45, 7) is 3.72. The van der Waals surface area contributed by atoms with Crippen LogP contribution in [0.1, 0.15) is 23.4 Å². The standard InChI is InChI=1S/C18H16FNOS/c1-2-3-12-18(21,13-8-10-14(19)11-9-13)17-20-15-6-4-5-7-16(15)22-17/h2,4-11,21H,1,3,12H2. The zero-order valence-corrected chi connectivity index (χ0v) is 12.8. The van der Waals surface area contributed by atoms with Crippen LogP contribution in [0.4, 0.5) is 4.39 Å². The highest BCUT2D eigenvalue weighted by atomic mass is 32.1. The molecule has 0 saturated heterocycles. The van der Waals surface area contributed by atoms with E-state index >= 15 is 0 Å². The third-order valence-electron chi connectivity index (χ3n) is 3.68. The third kappa shape index (κ3) is 2.67. The summed E-state index contributed by atoms with van der Waals surface area (Å²) in [5, 5.41) is 11.9. The Kier molecular flexibility index (Phi) is 4.05. The molecule has 1 unspecified atom stereocenters. The summed E-state index contributed by atoms with van der Waals surface area (Å²) in [6.07, 6.45) is 2.87. The number of thiazole rings is 1. The summed E-state index contributed by atoms with van der Waals surface area (Å²) in [5.41, 5.74) is 0.280. The van der Waals surface area contributed by atoms with Gasteiger partial charge in [0.15, 0.2) is 0 Å². The molecule has 0 aliphatic heterocycles. The first-order valence-corrected chi connectivity index (χ1v) is 7.90. The van der Waals surface area contributed by atoms with Gasteiger partial charge in [0.05, 0.1) is 10.2 Å². The molecule has 2 nitrogen and oxygen atoms in total. The molecule has 1 atom stereocenters. The zero-order chi connectivity index (χ0) is 15.6. The topological polar surface area (TPSA) is 33.1 Å². The average Bonchev–Trinajstić information content (AvgIpc) is 2.98. The number of hydrogen-bond acceptors (Lipinski definition) is 3. The van der Waals surface area contributed by atoms with E-state index in [0.717, 1.165) is 10.2 Å². The van der Waals surface area contributed by atoms with Crippen molar-refractivity contribution < 1.29 is 9.50 Å². The summed E-state index contributed by atoms with van der Waals surface area (Å²) in [4.78, 5) is 4.58. The minimum atomic E-state index is -1.23. The van der Waals surface area contributed by atoms with Gasteiger partial charge < -0.3 is 5.11 Å². The van der Waals surface area contributed by atoms with Gasteiger partial charge in [-0.3, -0.25) is 0 Å². The maximum Gasteiger partial charge on any atom is 0.141 e. The smallest absolute Gasteiger partial charge is 0.141 e. The second-order valence-electron chi connectivity index (χ2n) is 5.18.